The van der Waals surface area contributed by atoms with Crippen molar-refractivity contribution in [2.24, 2.45) is 0 Å². The van der Waals surface area contributed by atoms with E-state index >= 15 is 0 Å². The number of carbonyl (C=O) groups is 1. The van der Waals surface area contributed by atoms with Crippen LogP contribution in [0.5, 0.6) is 0 Å². The second-order valence-corrected chi connectivity index (χ2v) is 3.65. The number of benzene rings is 1. The first kappa shape index (κ1) is 12.0. The molecule has 0 fully saturated rings. The van der Waals surface area contributed by atoms with Crippen LogP contribution in [0.15, 0.2) is 24.4 Å². The van der Waals surface area contributed by atoms with E-state index in [9.17, 15) is 14.9 Å². The van der Waals surface area contributed by atoms with E-state index in [1.54, 1.807) is 0 Å². The van der Waals surface area contributed by atoms with Crippen LogP contribution in [0.4, 0.5) is 5.69 Å². The number of nitrogens with zero attached hydrogens (tertiary/aromatic N) is 4. The van der Waals surface area contributed by atoms with E-state index in [1.807, 2.05) is 0 Å². The number of rotatable bonds is 3. The van der Waals surface area contributed by atoms with E-state index in [1.165, 1.54) is 12.1 Å². The normalized spacial score (nSPS) is 10.3. The smallest absolute Gasteiger partial charge is 0.358 e. The summed E-state index contributed by atoms with van der Waals surface area (Å²) in [5.74, 6) is -1.22. The van der Waals surface area contributed by atoms with Crippen molar-refractivity contribution in [1.82, 2.24) is 15.0 Å². The Morgan fingerprint density at radius 3 is 2.72 bits per heavy atom. The number of nitro groups is 1. The second kappa shape index (κ2) is 4.41. The zero-order valence-corrected chi connectivity index (χ0v) is 9.40. The minimum absolute atomic E-state index is 0.0750. The average molecular weight is 269 g/mol. The van der Waals surface area contributed by atoms with Crippen LogP contribution < -0.4 is 0 Å². The fraction of sp³-hybridized carbons (Fsp3) is 0. The molecule has 0 aliphatic carbocycles. The fourth-order valence-electron chi connectivity index (χ4n) is 1.27. The largest absolute Gasteiger partial charge is 0.476 e. The van der Waals surface area contributed by atoms with Gasteiger partial charge in [-0.25, -0.2) is 9.48 Å². The van der Waals surface area contributed by atoms with Crippen molar-refractivity contribution in [3.05, 3.63) is 45.2 Å². The number of hydrogen-bond acceptors (Lipinski definition) is 5. The van der Waals surface area contributed by atoms with Gasteiger partial charge in [0.2, 0.25) is 0 Å². The van der Waals surface area contributed by atoms with E-state index in [2.05, 4.69) is 10.3 Å². The molecule has 0 atom stereocenters. The highest BCUT2D eigenvalue weighted by Crippen LogP contribution is 2.24. The number of non-ortho nitro benzene ring substituents is 1. The van der Waals surface area contributed by atoms with E-state index in [0.29, 0.717) is 5.69 Å². The SMILES string of the molecule is O=C(O)c1cn(-c2ccc([N+](=O)[O-])cc2Cl)nn1. The second-order valence-electron chi connectivity index (χ2n) is 3.25. The van der Waals surface area contributed by atoms with Crippen molar-refractivity contribution in [2.75, 3.05) is 0 Å². The van der Waals surface area contributed by atoms with Gasteiger partial charge in [0.15, 0.2) is 5.69 Å². The molecule has 2 aromatic rings. The summed E-state index contributed by atoms with van der Waals surface area (Å²) in [6.07, 6.45) is 1.16. The predicted octanol–water partition coefficient (Wildman–Crippen LogP) is 1.53. The Hall–Kier alpha value is -2.48. The summed E-state index contributed by atoms with van der Waals surface area (Å²) in [5.41, 5.74) is -0.103. The molecule has 0 aliphatic rings. The zero-order valence-electron chi connectivity index (χ0n) is 8.65. The Kier molecular flexibility index (Phi) is 2.94. The molecule has 1 heterocycles. The van der Waals surface area contributed by atoms with Crippen molar-refractivity contribution in [3.8, 4) is 5.69 Å². The quantitative estimate of drug-likeness (QED) is 0.667. The molecule has 1 N–H and O–H groups in total. The number of hydrogen-bond donors (Lipinski definition) is 1. The average Bonchev–Trinajstić information content (AvgIpc) is 2.78. The number of aromatic nitrogens is 3. The van der Waals surface area contributed by atoms with Gasteiger partial charge in [-0.1, -0.05) is 16.8 Å². The molecule has 0 saturated heterocycles. The third kappa shape index (κ3) is 2.13. The third-order valence-corrected chi connectivity index (χ3v) is 2.40. The Morgan fingerprint density at radius 2 is 2.22 bits per heavy atom. The molecule has 0 bridgehead atoms. The standard InChI is InChI=1S/C9H5ClN4O4/c10-6-3-5(14(17)18)1-2-8(6)13-4-7(9(15)16)11-12-13/h1-4H,(H,15,16). The van der Waals surface area contributed by atoms with Crippen LogP contribution >= 0.6 is 11.6 Å². The number of carboxylic acids is 1. The van der Waals surface area contributed by atoms with Gasteiger partial charge in [0.1, 0.15) is 0 Å². The van der Waals surface area contributed by atoms with Gasteiger partial charge in [-0.05, 0) is 6.07 Å². The van der Waals surface area contributed by atoms with Crippen molar-refractivity contribution >= 4 is 23.3 Å². The molecule has 1 aromatic heterocycles. The summed E-state index contributed by atoms with van der Waals surface area (Å²) < 4.78 is 1.13. The topological polar surface area (TPSA) is 111 Å². The maximum absolute atomic E-state index is 10.6. The van der Waals surface area contributed by atoms with Crippen molar-refractivity contribution in [2.45, 2.75) is 0 Å². The minimum Gasteiger partial charge on any atom is -0.476 e. The minimum atomic E-state index is -1.22. The molecular formula is C9H5ClN4O4. The number of carboxylic acid groups (broad SMARTS) is 1. The lowest BCUT2D eigenvalue weighted by Gasteiger charge is -2.02. The highest BCUT2D eigenvalue weighted by atomic mass is 35.5. The summed E-state index contributed by atoms with van der Waals surface area (Å²) in [6.45, 7) is 0. The lowest BCUT2D eigenvalue weighted by atomic mass is 10.3. The van der Waals surface area contributed by atoms with Crippen LogP contribution in [-0.4, -0.2) is 31.0 Å². The van der Waals surface area contributed by atoms with E-state index in [4.69, 9.17) is 16.7 Å². The summed E-state index contributed by atoms with van der Waals surface area (Å²) in [7, 11) is 0. The van der Waals surface area contributed by atoms with Gasteiger partial charge in [-0.15, -0.1) is 5.10 Å². The van der Waals surface area contributed by atoms with Gasteiger partial charge < -0.3 is 5.11 Å². The maximum Gasteiger partial charge on any atom is 0.358 e. The molecule has 1 aromatic carbocycles. The Bertz CT molecular complexity index is 639. The van der Waals surface area contributed by atoms with Gasteiger partial charge in [0.25, 0.3) is 5.69 Å². The van der Waals surface area contributed by atoms with Gasteiger partial charge in [-0.2, -0.15) is 0 Å². The molecule has 8 nitrogen and oxygen atoms in total. The van der Waals surface area contributed by atoms with Crippen LogP contribution in [0.1, 0.15) is 10.5 Å². The van der Waals surface area contributed by atoms with E-state index in [-0.39, 0.29) is 16.4 Å². The molecule has 18 heavy (non-hydrogen) atoms. The van der Waals surface area contributed by atoms with Crippen molar-refractivity contribution < 1.29 is 14.8 Å². The first-order chi connectivity index (χ1) is 8.49. The van der Waals surface area contributed by atoms with Gasteiger partial charge in [-0.3, -0.25) is 10.1 Å². The van der Waals surface area contributed by atoms with Crippen LogP contribution in [0.3, 0.4) is 0 Å². The number of aromatic carboxylic acids is 1. The number of nitro benzene ring substituents is 1. The highest BCUT2D eigenvalue weighted by molar-refractivity contribution is 6.32. The lowest BCUT2D eigenvalue weighted by molar-refractivity contribution is -0.384. The predicted molar refractivity (Wildman–Crippen MR) is 60.0 cm³/mol. The first-order valence-corrected chi connectivity index (χ1v) is 4.97. The highest BCUT2D eigenvalue weighted by Gasteiger charge is 2.14. The fourth-order valence-corrected chi connectivity index (χ4v) is 1.54. The van der Waals surface area contributed by atoms with Crippen molar-refractivity contribution in [1.29, 1.82) is 0 Å². The van der Waals surface area contributed by atoms with Crippen molar-refractivity contribution in [3.63, 3.8) is 0 Å². The monoisotopic (exact) mass is 268 g/mol. The summed E-state index contributed by atoms with van der Waals surface area (Å²) in [5, 5.41) is 26.3. The molecule has 0 amide bonds. The molecule has 92 valence electrons. The maximum atomic E-state index is 10.6. The van der Waals surface area contributed by atoms with Crippen LogP contribution in [-0.2, 0) is 0 Å². The zero-order chi connectivity index (χ0) is 13.3. The number of halogens is 1. The Labute approximate surface area is 105 Å². The molecule has 9 heteroatoms. The summed E-state index contributed by atoms with van der Waals surface area (Å²) in [6, 6.07) is 3.75. The van der Waals surface area contributed by atoms with Gasteiger partial charge in [0.05, 0.1) is 21.8 Å². The molecule has 0 unspecified atom stereocenters. The van der Waals surface area contributed by atoms with Crippen LogP contribution in [0.2, 0.25) is 5.02 Å². The molecule has 0 saturated carbocycles. The Balaban J connectivity index is 2.44. The summed E-state index contributed by atoms with van der Waals surface area (Å²) in [4.78, 5) is 20.6. The Morgan fingerprint density at radius 1 is 1.50 bits per heavy atom. The van der Waals surface area contributed by atoms with Crippen LogP contribution in [0, 0.1) is 10.1 Å². The molecule has 0 aliphatic heterocycles. The summed E-state index contributed by atoms with van der Waals surface area (Å²) >= 11 is 5.86. The van der Waals surface area contributed by atoms with E-state index in [0.717, 1.165) is 16.9 Å². The van der Waals surface area contributed by atoms with Gasteiger partial charge in [0, 0.05) is 12.1 Å². The molecule has 2 rings (SSSR count). The van der Waals surface area contributed by atoms with E-state index < -0.39 is 10.9 Å². The lowest BCUT2D eigenvalue weighted by Crippen LogP contribution is -1.97. The molecular weight excluding hydrogens is 264 g/mol. The van der Waals surface area contributed by atoms with Gasteiger partial charge >= 0.3 is 5.97 Å². The molecule has 0 radical (unpaired) electrons. The third-order valence-electron chi connectivity index (χ3n) is 2.10. The first-order valence-electron chi connectivity index (χ1n) is 4.59. The molecule has 0 spiro atoms. The van der Waals surface area contributed by atoms with Crippen LogP contribution in [0.25, 0.3) is 5.69 Å².